The number of benzene rings is 1. The van der Waals surface area contributed by atoms with E-state index >= 15 is 0 Å². The van der Waals surface area contributed by atoms with Gasteiger partial charge in [0.15, 0.2) is 11.0 Å². The molecule has 2 heterocycles. The molecule has 1 aromatic heterocycles. The van der Waals surface area contributed by atoms with Gasteiger partial charge in [0.05, 0.1) is 6.10 Å². The Morgan fingerprint density at radius 1 is 1.38 bits per heavy atom. The monoisotopic (exact) mass is 346 g/mol. The van der Waals surface area contributed by atoms with Crippen LogP contribution >= 0.6 is 11.8 Å². The molecule has 7 heteroatoms. The van der Waals surface area contributed by atoms with Gasteiger partial charge in [-0.1, -0.05) is 42.1 Å². The van der Waals surface area contributed by atoms with E-state index in [1.54, 1.807) is 11.8 Å². The predicted octanol–water partition coefficient (Wildman–Crippen LogP) is 2.26. The van der Waals surface area contributed by atoms with E-state index in [-0.39, 0.29) is 12.0 Å². The average molecular weight is 346 g/mol. The van der Waals surface area contributed by atoms with Crippen molar-refractivity contribution < 1.29 is 9.53 Å². The van der Waals surface area contributed by atoms with Gasteiger partial charge < -0.3 is 14.6 Å². The van der Waals surface area contributed by atoms with Crippen molar-refractivity contribution in [2.75, 3.05) is 18.9 Å². The molecular weight excluding hydrogens is 324 g/mol. The summed E-state index contributed by atoms with van der Waals surface area (Å²) in [5.41, 5.74) is 1.04. The first kappa shape index (κ1) is 17.0. The number of carbonyl (C=O) groups excluding carboxylic acids is 1. The fourth-order valence-corrected chi connectivity index (χ4v) is 3.48. The van der Waals surface area contributed by atoms with Crippen LogP contribution in [0.4, 0.5) is 0 Å². The summed E-state index contributed by atoms with van der Waals surface area (Å²) in [6, 6.07) is 9.96. The molecule has 1 fully saturated rings. The molecule has 1 N–H and O–H groups in total. The van der Waals surface area contributed by atoms with Gasteiger partial charge in [0, 0.05) is 37.9 Å². The van der Waals surface area contributed by atoms with Gasteiger partial charge in [0.2, 0.25) is 5.91 Å². The molecule has 1 saturated heterocycles. The quantitative estimate of drug-likeness (QED) is 0.779. The SMILES string of the molecule is Cn1c(SCCC(=O)NCC2CCCO2)nnc1-c1ccccc1. The van der Waals surface area contributed by atoms with E-state index in [9.17, 15) is 4.79 Å². The molecule has 0 bridgehead atoms. The minimum absolute atomic E-state index is 0.0588. The van der Waals surface area contributed by atoms with Crippen molar-refractivity contribution in [1.29, 1.82) is 0 Å². The molecule has 3 rings (SSSR count). The van der Waals surface area contributed by atoms with Crippen LogP contribution in [0.2, 0.25) is 0 Å². The highest BCUT2D eigenvalue weighted by Crippen LogP contribution is 2.22. The molecule has 0 radical (unpaired) electrons. The largest absolute Gasteiger partial charge is 0.376 e. The lowest BCUT2D eigenvalue weighted by Crippen LogP contribution is -2.31. The zero-order chi connectivity index (χ0) is 16.8. The first-order valence-electron chi connectivity index (χ1n) is 8.20. The van der Waals surface area contributed by atoms with Crippen molar-refractivity contribution in [1.82, 2.24) is 20.1 Å². The van der Waals surface area contributed by atoms with Crippen molar-refractivity contribution in [3.8, 4) is 11.4 Å². The lowest BCUT2D eigenvalue weighted by Gasteiger charge is -2.10. The number of thioether (sulfide) groups is 1. The Morgan fingerprint density at radius 2 is 2.21 bits per heavy atom. The Hall–Kier alpha value is -1.86. The first-order chi connectivity index (χ1) is 11.7. The van der Waals surface area contributed by atoms with Gasteiger partial charge in [0.1, 0.15) is 0 Å². The van der Waals surface area contributed by atoms with Crippen LogP contribution < -0.4 is 5.32 Å². The van der Waals surface area contributed by atoms with Crippen LogP contribution in [-0.4, -0.2) is 45.7 Å². The fraction of sp³-hybridized carbons (Fsp3) is 0.471. The maximum Gasteiger partial charge on any atom is 0.220 e. The number of rotatable bonds is 7. The molecule has 1 aromatic carbocycles. The second kappa shape index (κ2) is 8.30. The third-order valence-corrected chi connectivity index (χ3v) is 5.00. The first-order valence-corrected chi connectivity index (χ1v) is 9.18. The maximum atomic E-state index is 11.9. The zero-order valence-electron chi connectivity index (χ0n) is 13.8. The highest BCUT2D eigenvalue weighted by atomic mass is 32.2. The van der Waals surface area contributed by atoms with E-state index in [0.717, 1.165) is 36.0 Å². The fourth-order valence-electron chi connectivity index (χ4n) is 2.64. The highest BCUT2D eigenvalue weighted by molar-refractivity contribution is 7.99. The second-order valence-electron chi connectivity index (χ2n) is 5.77. The van der Waals surface area contributed by atoms with Crippen LogP contribution in [0.3, 0.4) is 0 Å². The van der Waals surface area contributed by atoms with Crippen LogP contribution in [0.15, 0.2) is 35.5 Å². The number of carbonyl (C=O) groups is 1. The molecule has 0 spiro atoms. The minimum atomic E-state index is 0.0588. The van der Waals surface area contributed by atoms with Gasteiger partial charge in [-0.25, -0.2) is 0 Å². The number of ether oxygens (including phenoxy) is 1. The lowest BCUT2D eigenvalue weighted by atomic mass is 10.2. The van der Waals surface area contributed by atoms with Crippen molar-refractivity contribution in [3.63, 3.8) is 0 Å². The predicted molar refractivity (Wildman–Crippen MR) is 93.8 cm³/mol. The average Bonchev–Trinajstić information content (AvgIpc) is 3.24. The van der Waals surface area contributed by atoms with Gasteiger partial charge in [0.25, 0.3) is 0 Å². The highest BCUT2D eigenvalue weighted by Gasteiger charge is 2.16. The Balaban J connectivity index is 1.45. The number of hydrogen-bond acceptors (Lipinski definition) is 5. The maximum absolute atomic E-state index is 11.9. The van der Waals surface area contributed by atoms with Crippen molar-refractivity contribution >= 4 is 17.7 Å². The standard InChI is InChI=1S/C17H22N4O2S/c1-21-16(13-6-3-2-4-7-13)19-20-17(21)24-11-9-15(22)18-12-14-8-5-10-23-14/h2-4,6-7,14H,5,8-12H2,1H3,(H,18,22). The van der Waals surface area contributed by atoms with E-state index < -0.39 is 0 Å². The Kier molecular flexibility index (Phi) is 5.87. The lowest BCUT2D eigenvalue weighted by molar-refractivity contribution is -0.121. The second-order valence-corrected chi connectivity index (χ2v) is 6.83. The van der Waals surface area contributed by atoms with Crippen molar-refractivity contribution in [2.45, 2.75) is 30.5 Å². The molecule has 128 valence electrons. The van der Waals surface area contributed by atoms with Crippen LogP contribution in [0.5, 0.6) is 0 Å². The van der Waals surface area contributed by atoms with Crippen LogP contribution in [-0.2, 0) is 16.6 Å². The molecule has 0 saturated carbocycles. The zero-order valence-corrected chi connectivity index (χ0v) is 14.6. The molecule has 24 heavy (non-hydrogen) atoms. The molecule has 6 nitrogen and oxygen atoms in total. The van der Waals surface area contributed by atoms with E-state index in [2.05, 4.69) is 15.5 Å². The summed E-state index contributed by atoms with van der Waals surface area (Å²) in [6.07, 6.45) is 2.78. The molecule has 1 atom stereocenters. The Labute approximate surface area is 146 Å². The summed E-state index contributed by atoms with van der Waals surface area (Å²) in [5.74, 6) is 1.57. The molecule has 1 aliphatic rings. The number of nitrogens with zero attached hydrogens (tertiary/aromatic N) is 3. The summed E-state index contributed by atoms with van der Waals surface area (Å²) in [7, 11) is 1.95. The molecule has 2 aromatic rings. The van der Waals surface area contributed by atoms with E-state index in [1.807, 2.05) is 41.9 Å². The van der Waals surface area contributed by atoms with Gasteiger partial charge in [-0.2, -0.15) is 0 Å². The van der Waals surface area contributed by atoms with Crippen LogP contribution in [0, 0.1) is 0 Å². The molecule has 0 aliphatic carbocycles. The smallest absolute Gasteiger partial charge is 0.220 e. The summed E-state index contributed by atoms with van der Waals surface area (Å²) in [5, 5.41) is 12.2. The van der Waals surface area contributed by atoms with Crippen LogP contribution in [0.1, 0.15) is 19.3 Å². The molecule has 1 unspecified atom stereocenters. The Bertz CT molecular complexity index is 668. The summed E-state index contributed by atoms with van der Waals surface area (Å²) >= 11 is 1.55. The number of nitrogens with one attached hydrogen (secondary N) is 1. The van der Waals surface area contributed by atoms with Gasteiger partial charge >= 0.3 is 0 Å². The number of amides is 1. The Morgan fingerprint density at radius 3 is 2.96 bits per heavy atom. The number of hydrogen-bond donors (Lipinski definition) is 1. The van der Waals surface area contributed by atoms with Gasteiger partial charge in [-0.3, -0.25) is 4.79 Å². The van der Waals surface area contributed by atoms with E-state index in [4.69, 9.17) is 4.74 Å². The minimum Gasteiger partial charge on any atom is -0.376 e. The van der Waals surface area contributed by atoms with Crippen molar-refractivity contribution in [3.05, 3.63) is 30.3 Å². The summed E-state index contributed by atoms with van der Waals surface area (Å²) < 4.78 is 7.46. The number of aromatic nitrogens is 3. The van der Waals surface area contributed by atoms with Crippen molar-refractivity contribution in [2.24, 2.45) is 7.05 Å². The van der Waals surface area contributed by atoms with E-state index in [1.165, 1.54) is 0 Å². The van der Waals surface area contributed by atoms with Gasteiger partial charge in [-0.15, -0.1) is 10.2 Å². The van der Waals surface area contributed by atoms with Crippen LogP contribution in [0.25, 0.3) is 11.4 Å². The van der Waals surface area contributed by atoms with E-state index in [0.29, 0.717) is 18.7 Å². The van der Waals surface area contributed by atoms with Gasteiger partial charge in [-0.05, 0) is 12.8 Å². The normalized spacial score (nSPS) is 17.1. The molecular formula is C17H22N4O2S. The molecule has 1 aliphatic heterocycles. The topological polar surface area (TPSA) is 69.0 Å². The summed E-state index contributed by atoms with van der Waals surface area (Å²) in [6.45, 7) is 1.43. The third-order valence-electron chi connectivity index (χ3n) is 3.98. The summed E-state index contributed by atoms with van der Waals surface area (Å²) in [4.78, 5) is 11.9. The molecule has 1 amide bonds. The third kappa shape index (κ3) is 4.36.